The topological polar surface area (TPSA) is 81.2 Å². The van der Waals surface area contributed by atoms with E-state index < -0.39 is 32.9 Å². The fourth-order valence-electron chi connectivity index (χ4n) is 7.09. The second-order valence-corrected chi connectivity index (χ2v) is 14.4. The van der Waals surface area contributed by atoms with Gasteiger partial charge < -0.3 is 19.8 Å². The van der Waals surface area contributed by atoms with Crippen molar-refractivity contribution in [3.05, 3.63) is 55.6 Å². The summed E-state index contributed by atoms with van der Waals surface area (Å²) in [4.78, 5) is 48.8. The molecule has 40 heavy (non-hydrogen) atoms. The van der Waals surface area contributed by atoms with E-state index in [9.17, 15) is 19.5 Å². The molecule has 1 aromatic rings. The first kappa shape index (κ1) is 30.4. The van der Waals surface area contributed by atoms with Gasteiger partial charge in [-0.3, -0.25) is 14.4 Å². The van der Waals surface area contributed by atoms with Crippen LogP contribution in [0.2, 0.25) is 0 Å². The van der Waals surface area contributed by atoms with E-state index in [2.05, 4.69) is 20.1 Å². The van der Waals surface area contributed by atoms with E-state index in [1.54, 1.807) is 33.7 Å². The van der Waals surface area contributed by atoms with Gasteiger partial charge in [0.05, 0.1) is 16.6 Å². The molecule has 3 amide bonds. The summed E-state index contributed by atoms with van der Waals surface area (Å²) in [5.74, 6) is -1.35. The summed E-state index contributed by atoms with van der Waals surface area (Å²) >= 11 is 1.70. The molecule has 0 saturated carbocycles. The Morgan fingerprint density at radius 3 is 2.35 bits per heavy atom. The third-order valence-electron chi connectivity index (χ3n) is 8.87. The second-order valence-electron chi connectivity index (χ2n) is 12.5. The van der Waals surface area contributed by atoms with Gasteiger partial charge in [0.15, 0.2) is 0 Å². The number of benzene rings is 1. The molecule has 7 nitrogen and oxygen atoms in total. The molecule has 3 aliphatic rings. The van der Waals surface area contributed by atoms with E-state index in [1.165, 1.54) is 0 Å². The normalized spacial score (nSPS) is 28.9. The minimum absolute atomic E-state index is 0.0683. The highest BCUT2D eigenvalue weighted by Crippen LogP contribution is 2.71. The molecule has 3 fully saturated rings. The maximum atomic E-state index is 14.5. The number of aliphatic hydroxyl groups is 1. The summed E-state index contributed by atoms with van der Waals surface area (Å²) in [5.41, 5.74) is 0.321. The highest BCUT2D eigenvalue weighted by Gasteiger charge is 2.77. The van der Waals surface area contributed by atoms with Crippen molar-refractivity contribution >= 4 is 35.2 Å². The van der Waals surface area contributed by atoms with Crippen LogP contribution >= 0.6 is 11.8 Å². The molecule has 0 aliphatic carbocycles. The lowest BCUT2D eigenvalue weighted by molar-refractivity contribution is -0.145. The van der Waals surface area contributed by atoms with Crippen LogP contribution in [0.25, 0.3) is 0 Å². The van der Waals surface area contributed by atoms with Crippen molar-refractivity contribution in [2.24, 2.45) is 11.8 Å². The Morgan fingerprint density at radius 1 is 1.07 bits per heavy atom. The van der Waals surface area contributed by atoms with Crippen molar-refractivity contribution in [2.75, 3.05) is 31.1 Å². The zero-order chi connectivity index (χ0) is 29.3. The Labute approximate surface area is 243 Å². The van der Waals surface area contributed by atoms with Gasteiger partial charge in [0.1, 0.15) is 6.04 Å². The monoisotopic (exact) mass is 567 g/mol. The fraction of sp³-hybridized carbons (Fsp3) is 0.594. The van der Waals surface area contributed by atoms with Gasteiger partial charge in [-0.2, -0.15) is 0 Å². The molecule has 2 unspecified atom stereocenters. The average molecular weight is 568 g/mol. The van der Waals surface area contributed by atoms with Gasteiger partial charge in [-0.15, -0.1) is 24.9 Å². The Hall–Kier alpha value is -2.58. The minimum atomic E-state index is -0.665. The molecule has 3 aliphatic heterocycles. The summed E-state index contributed by atoms with van der Waals surface area (Å²) in [6.45, 7) is 17.2. The summed E-state index contributed by atoms with van der Waals surface area (Å²) in [6.07, 6.45) is 7.06. The molecule has 1 spiro atoms. The molecule has 218 valence electrons. The number of hydrogen-bond donors (Lipinski definition) is 1. The predicted octanol–water partition coefficient (Wildman–Crippen LogP) is 4.66. The summed E-state index contributed by atoms with van der Waals surface area (Å²) in [6, 6.07) is 8.90. The zero-order valence-corrected chi connectivity index (χ0v) is 25.3. The van der Waals surface area contributed by atoms with Gasteiger partial charge in [-0.25, -0.2) is 0 Å². The summed E-state index contributed by atoms with van der Waals surface area (Å²) in [5, 5.41) is 9.30. The number of nitrogens with zero attached hydrogens (tertiary/aromatic N) is 3. The number of anilines is 1. The molecule has 3 heterocycles. The molecule has 2 bridgehead atoms. The molecule has 0 radical (unpaired) electrons. The maximum absolute atomic E-state index is 14.5. The van der Waals surface area contributed by atoms with Crippen molar-refractivity contribution < 1.29 is 19.5 Å². The molecule has 1 N–H and O–H groups in total. The molecule has 1 aromatic carbocycles. The summed E-state index contributed by atoms with van der Waals surface area (Å²) in [7, 11) is 0. The largest absolute Gasteiger partial charge is 0.396 e. The van der Waals surface area contributed by atoms with Crippen molar-refractivity contribution in [2.45, 2.75) is 80.9 Å². The van der Waals surface area contributed by atoms with Crippen LogP contribution in [0.3, 0.4) is 0 Å². The SMILES string of the molecule is C=CCN(C(=O)[C@@H]1[C@H]2C(=O)N(CCCCCO)C(C(=O)N(CC=C)C(C)(C)C)C23CC[C@@]1(C)S3)c1ccccc1. The van der Waals surface area contributed by atoms with Gasteiger partial charge in [0.2, 0.25) is 17.7 Å². The number of carbonyl (C=O) groups excluding carboxylic acids is 3. The van der Waals surface area contributed by atoms with Gasteiger partial charge in [0.25, 0.3) is 0 Å². The third kappa shape index (κ3) is 5.13. The number of amides is 3. The molecule has 3 saturated heterocycles. The Bertz CT molecular complexity index is 1130. The van der Waals surface area contributed by atoms with Crippen LogP contribution in [-0.2, 0) is 14.4 Å². The number of unbranched alkanes of at least 4 members (excludes halogenated alkanes) is 2. The highest BCUT2D eigenvalue weighted by atomic mass is 32.2. The average Bonchev–Trinajstić information content (AvgIpc) is 3.48. The Morgan fingerprint density at radius 2 is 1.75 bits per heavy atom. The maximum Gasteiger partial charge on any atom is 0.247 e. The van der Waals surface area contributed by atoms with Gasteiger partial charge in [0, 0.05) is 42.2 Å². The van der Waals surface area contributed by atoms with E-state index in [0.29, 0.717) is 32.5 Å². The molecule has 5 atom stereocenters. The van der Waals surface area contributed by atoms with Crippen LogP contribution in [0.15, 0.2) is 55.6 Å². The smallest absolute Gasteiger partial charge is 0.247 e. The van der Waals surface area contributed by atoms with Gasteiger partial charge in [-0.1, -0.05) is 30.4 Å². The van der Waals surface area contributed by atoms with Crippen LogP contribution in [0.1, 0.15) is 59.8 Å². The third-order valence-corrected chi connectivity index (χ3v) is 10.9. The first-order valence-electron chi connectivity index (χ1n) is 14.5. The van der Waals surface area contributed by atoms with Crippen LogP contribution in [0.5, 0.6) is 0 Å². The van der Waals surface area contributed by atoms with E-state index in [1.807, 2.05) is 56.0 Å². The lowest BCUT2D eigenvalue weighted by Crippen LogP contribution is -2.59. The summed E-state index contributed by atoms with van der Waals surface area (Å²) < 4.78 is -1.11. The van der Waals surface area contributed by atoms with Crippen molar-refractivity contribution in [1.82, 2.24) is 9.80 Å². The molecule has 8 heteroatoms. The Balaban J connectivity index is 1.78. The lowest BCUT2D eigenvalue weighted by atomic mass is 9.66. The predicted molar refractivity (Wildman–Crippen MR) is 162 cm³/mol. The number of thioether (sulfide) groups is 1. The number of aliphatic hydroxyl groups excluding tert-OH is 1. The van der Waals surface area contributed by atoms with E-state index in [-0.39, 0.29) is 24.3 Å². The number of hydrogen-bond acceptors (Lipinski definition) is 5. The number of likely N-dealkylation sites (tertiary alicyclic amines) is 1. The van der Waals surface area contributed by atoms with Crippen LogP contribution < -0.4 is 4.90 Å². The second kappa shape index (κ2) is 11.7. The van der Waals surface area contributed by atoms with Crippen LogP contribution in [0, 0.1) is 11.8 Å². The van der Waals surface area contributed by atoms with Crippen LogP contribution in [0.4, 0.5) is 5.69 Å². The number of fused-ring (bicyclic) bond motifs is 1. The zero-order valence-electron chi connectivity index (χ0n) is 24.5. The van der Waals surface area contributed by atoms with Crippen molar-refractivity contribution in [3.8, 4) is 0 Å². The lowest BCUT2D eigenvalue weighted by Gasteiger charge is -2.42. The van der Waals surface area contributed by atoms with E-state index in [4.69, 9.17) is 0 Å². The Kier molecular flexibility index (Phi) is 8.91. The first-order valence-corrected chi connectivity index (χ1v) is 15.3. The highest BCUT2D eigenvalue weighted by molar-refractivity contribution is 8.02. The minimum Gasteiger partial charge on any atom is -0.396 e. The molecule has 0 aromatic heterocycles. The van der Waals surface area contributed by atoms with Crippen molar-refractivity contribution in [3.63, 3.8) is 0 Å². The molecular formula is C32H45N3O4S. The molecule has 4 rings (SSSR count). The van der Waals surface area contributed by atoms with Gasteiger partial charge >= 0.3 is 0 Å². The number of rotatable bonds is 12. The molecular weight excluding hydrogens is 522 g/mol. The number of carbonyl (C=O) groups is 3. The quantitative estimate of drug-likeness (QED) is 0.294. The van der Waals surface area contributed by atoms with E-state index >= 15 is 0 Å². The van der Waals surface area contributed by atoms with Crippen molar-refractivity contribution in [1.29, 1.82) is 0 Å². The first-order chi connectivity index (χ1) is 19.0. The van der Waals surface area contributed by atoms with E-state index in [0.717, 1.165) is 24.9 Å². The van der Waals surface area contributed by atoms with Crippen LogP contribution in [-0.4, -0.2) is 79.9 Å². The fourth-order valence-corrected chi connectivity index (χ4v) is 9.43. The standard InChI is InChI=1S/C32H45N3O4S/c1-7-19-33(23-15-11-9-12-16-23)27(37)24-25-28(38)34(21-13-10-14-22-36)26(32(25)18-17-31(24,6)40-32)29(39)35(20-8-2)30(3,4)5/h7-9,11-12,15-16,24-26,36H,1-2,10,13-14,17-22H2,3-6H3/t24-,25-,26?,31+,32?/m0/s1. The number of para-hydroxylation sites is 1. The van der Waals surface area contributed by atoms with Gasteiger partial charge in [-0.05, 0) is 71.9 Å².